The second kappa shape index (κ2) is 5.49. The quantitative estimate of drug-likeness (QED) is 0.691. The Morgan fingerprint density at radius 2 is 2.18 bits per heavy atom. The van der Waals surface area contributed by atoms with Crippen molar-refractivity contribution in [3.63, 3.8) is 0 Å². The van der Waals surface area contributed by atoms with Crippen LogP contribution in [0.15, 0.2) is 11.6 Å². The molecule has 0 aliphatic heterocycles. The molecule has 2 unspecified atom stereocenters. The van der Waals surface area contributed by atoms with Crippen molar-refractivity contribution in [1.29, 1.82) is 5.26 Å². The maximum atomic E-state index is 12.5. The van der Waals surface area contributed by atoms with Crippen molar-refractivity contribution >= 4 is 5.78 Å². The van der Waals surface area contributed by atoms with E-state index in [2.05, 4.69) is 26.0 Å². The number of carbonyl (C=O) groups excluding carboxylic acids is 1. The molecule has 1 aliphatic carbocycles. The van der Waals surface area contributed by atoms with E-state index in [1.165, 1.54) is 5.57 Å². The number of nitriles is 1. The highest BCUT2D eigenvalue weighted by Crippen LogP contribution is 2.45. The zero-order valence-corrected chi connectivity index (χ0v) is 11.4. The van der Waals surface area contributed by atoms with Gasteiger partial charge >= 0.3 is 0 Å². The van der Waals surface area contributed by atoms with E-state index in [1.54, 1.807) is 0 Å². The van der Waals surface area contributed by atoms with E-state index in [0.717, 1.165) is 19.3 Å². The molecule has 2 atom stereocenters. The van der Waals surface area contributed by atoms with Crippen LogP contribution in [0.25, 0.3) is 0 Å². The number of ketones is 1. The number of hydrogen-bond acceptors (Lipinski definition) is 2. The molecule has 0 spiro atoms. The van der Waals surface area contributed by atoms with Gasteiger partial charge in [0, 0.05) is 17.8 Å². The molecule has 17 heavy (non-hydrogen) atoms. The summed E-state index contributed by atoms with van der Waals surface area (Å²) in [6, 6.07) is 2.22. The first-order valence-electron chi connectivity index (χ1n) is 6.51. The molecular formula is C15H23NO. The summed E-state index contributed by atoms with van der Waals surface area (Å²) in [5, 5.41) is 8.88. The fraction of sp³-hybridized carbons (Fsp3) is 0.733. The van der Waals surface area contributed by atoms with Gasteiger partial charge in [0.15, 0.2) is 0 Å². The molecule has 0 aromatic carbocycles. The van der Waals surface area contributed by atoms with Crippen LogP contribution in [-0.4, -0.2) is 5.78 Å². The summed E-state index contributed by atoms with van der Waals surface area (Å²) in [5.74, 6) is 0.554. The molecule has 1 rings (SSSR count). The van der Waals surface area contributed by atoms with Crippen LogP contribution in [-0.2, 0) is 4.79 Å². The van der Waals surface area contributed by atoms with Crippen LogP contribution < -0.4 is 0 Å². The standard InChI is InChI=1S/C15H23NO/c1-11(2)14(17)15(13(4)7-10-16)8-5-12(3)6-9-15/h5,11,13H,6-9H2,1-4H3. The summed E-state index contributed by atoms with van der Waals surface area (Å²) in [6.07, 6.45) is 5.39. The Morgan fingerprint density at radius 3 is 2.59 bits per heavy atom. The van der Waals surface area contributed by atoms with Gasteiger partial charge in [-0.05, 0) is 32.1 Å². The predicted molar refractivity (Wildman–Crippen MR) is 69.3 cm³/mol. The maximum absolute atomic E-state index is 12.5. The van der Waals surface area contributed by atoms with Crippen LogP contribution >= 0.6 is 0 Å². The molecule has 0 amide bonds. The third-order valence-corrected chi connectivity index (χ3v) is 4.14. The summed E-state index contributed by atoms with van der Waals surface area (Å²) < 4.78 is 0. The van der Waals surface area contributed by atoms with Gasteiger partial charge in [-0.25, -0.2) is 0 Å². The van der Waals surface area contributed by atoms with Gasteiger partial charge in [0.2, 0.25) is 0 Å². The average Bonchev–Trinajstić information content (AvgIpc) is 2.29. The van der Waals surface area contributed by atoms with Crippen molar-refractivity contribution in [2.75, 3.05) is 0 Å². The highest BCUT2D eigenvalue weighted by molar-refractivity contribution is 5.87. The first kappa shape index (κ1) is 14.0. The van der Waals surface area contributed by atoms with Crippen LogP contribution in [0.3, 0.4) is 0 Å². The minimum atomic E-state index is -0.288. The monoisotopic (exact) mass is 233 g/mol. The van der Waals surface area contributed by atoms with Gasteiger partial charge in [0.05, 0.1) is 6.07 Å². The Hall–Kier alpha value is -1.10. The smallest absolute Gasteiger partial charge is 0.142 e. The van der Waals surface area contributed by atoms with Crippen LogP contribution in [0.2, 0.25) is 0 Å². The van der Waals surface area contributed by atoms with E-state index in [4.69, 9.17) is 5.26 Å². The molecule has 0 aromatic heterocycles. The number of nitrogens with zero attached hydrogens (tertiary/aromatic N) is 1. The third kappa shape index (κ3) is 2.77. The zero-order chi connectivity index (χ0) is 13.1. The van der Waals surface area contributed by atoms with Crippen LogP contribution in [0.4, 0.5) is 0 Å². The fourth-order valence-corrected chi connectivity index (χ4v) is 2.80. The van der Waals surface area contributed by atoms with Gasteiger partial charge in [0.25, 0.3) is 0 Å². The molecule has 0 heterocycles. The normalized spacial score (nSPS) is 26.2. The zero-order valence-electron chi connectivity index (χ0n) is 11.4. The molecule has 0 N–H and O–H groups in total. The Kier molecular flexibility index (Phi) is 4.51. The third-order valence-electron chi connectivity index (χ3n) is 4.14. The number of rotatable bonds is 4. The van der Waals surface area contributed by atoms with E-state index in [-0.39, 0.29) is 17.3 Å². The Bertz CT molecular complexity index is 362. The van der Waals surface area contributed by atoms with Crippen LogP contribution in [0.1, 0.15) is 53.4 Å². The van der Waals surface area contributed by atoms with Crippen molar-refractivity contribution in [1.82, 2.24) is 0 Å². The molecule has 2 heteroatoms. The summed E-state index contributed by atoms with van der Waals surface area (Å²) in [7, 11) is 0. The van der Waals surface area contributed by atoms with Gasteiger partial charge in [-0.3, -0.25) is 4.79 Å². The molecule has 0 saturated heterocycles. The Labute approximate surface area is 105 Å². The molecular weight excluding hydrogens is 210 g/mol. The minimum absolute atomic E-state index is 0.0583. The minimum Gasteiger partial charge on any atom is -0.299 e. The molecule has 0 aromatic rings. The van der Waals surface area contributed by atoms with Crippen molar-refractivity contribution in [2.45, 2.75) is 53.4 Å². The molecule has 2 nitrogen and oxygen atoms in total. The SMILES string of the molecule is CC1=CCC(C(=O)C(C)C)(C(C)CC#N)CC1. The highest BCUT2D eigenvalue weighted by Gasteiger charge is 2.43. The Morgan fingerprint density at radius 1 is 1.53 bits per heavy atom. The number of hydrogen-bond donors (Lipinski definition) is 0. The first-order valence-corrected chi connectivity index (χ1v) is 6.51. The number of carbonyl (C=O) groups is 1. The average molecular weight is 233 g/mol. The molecule has 1 aliphatic rings. The molecule has 0 bridgehead atoms. The van der Waals surface area contributed by atoms with E-state index in [1.807, 2.05) is 13.8 Å². The topological polar surface area (TPSA) is 40.9 Å². The van der Waals surface area contributed by atoms with Crippen LogP contribution in [0, 0.1) is 28.6 Å². The van der Waals surface area contributed by atoms with Crippen LogP contribution in [0.5, 0.6) is 0 Å². The number of Topliss-reactive ketones (excluding diaryl/α,β-unsaturated/α-hetero) is 1. The first-order chi connectivity index (χ1) is 7.94. The molecule has 0 saturated carbocycles. The summed E-state index contributed by atoms with van der Waals surface area (Å²) >= 11 is 0. The lowest BCUT2D eigenvalue weighted by molar-refractivity contribution is -0.135. The van der Waals surface area contributed by atoms with Gasteiger partial charge in [-0.1, -0.05) is 32.4 Å². The lowest BCUT2D eigenvalue weighted by Crippen LogP contribution is -2.41. The van der Waals surface area contributed by atoms with Gasteiger partial charge in [0.1, 0.15) is 5.78 Å². The second-order valence-corrected chi connectivity index (χ2v) is 5.69. The largest absolute Gasteiger partial charge is 0.299 e. The summed E-state index contributed by atoms with van der Waals surface area (Å²) in [4.78, 5) is 12.5. The van der Waals surface area contributed by atoms with Crippen molar-refractivity contribution in [3.8, 4) is 6.07 Å². The van der Waals surface area contributed by atoms with Crippen molar-refractivity contribution < 1.29 is 4.79 Å². The lowest BCUT2D eigenvalue weighted by Gasteiger charge is -2.40. The van der Waals surface area contributed by atoms with E-state index >= 15 is 0 Å². The van der Waals surface area contributed by atoms with E-state index in [9.17, 15) is 4.79 Å². The Balaban J connectivity index is 3.02. The lowest BCUT2D eigenvalue weighted by atomic mass is 9.62. The molecule has 0 fully saturated rings. The van der Waals surface area contributed by atoms with Crippen molar-refractivity contribution in [2.24, 2.45) is 17.3 Å². The second-order valence-electron chi connectivity index (χ2n) is 5.69. The molecule has 94 valence electrons. The molecule has 0 radical (unpaired) electrons. The van der Waals surface area contributed by atoms with Gasteiger partial charge in [-0.15, -0.1) is 0 Å². The van der Waals surface area contributed by atoms with E-state index in [0.29, 0.717) is 12.2 Å². The highest BCUT2D eigenvalue weighted by atomic mass is 16.1. The summed E-state index contributed by atoms with van der Waals surface area (Å²) in [6.45, 7) is 8.11. The fourth-order valence-electron chi connectivity index (χ4n) is 2.80. The van der Waals surface area contributed by atoms with Gasteiger partial charge in [-0.2, -0.15) is 5.26 Å². The maximum Gasteiger partial charge on any atom is 0.142 e. The summed E-state index contributed by atoms with van der Waals surface area (Å²) in [5.41, 5.74) is 1.09. The van der Waals surface area contributed by atoms with Gasteiger partial charge < -0.3 is 0 Å². The van der Waals surface area contributed by atoms with Crippen molar-refractivity contribution in [3.05, 3.63) is 11.6 Å². The number of allylic oxidation sites excluding steroid dienone is 2. The predicted octanol–water partition coefficient (Wildman–Crippen LogP) is 3.88. The van der Waals surface area contributed by atoms with E-state index < -0.39 is 0 Å².